The summed E-state index contributed by atoms with van der Waals surface area (Å²) in [5.74, 6) is -0.150. The molecule has 1 amide bonds. The van der Waals surface area contributed by atoms with Gasteiger partial charge in [-0.1, -0.05) is 0 Å². The zero-order valence-corrected chi connectivity index (χ0v) is 9.08. The molecule has 78 valence electrons. The number of carbonyl (C=O) groups excluding carboxylic acids is 1. The summed E-state index contributed by atoms with van der Waals surface area (Å²) in [6.07, 6.45) is 2.50. The minimum absolute atomic E-state index is 0.0824. The van der Waals surface area contributed by atoms with Crippen molar-refractivity contribution in [2.45, 2.75) is 18.7 Å². The van der Waals surface area contributed by atoms with Gasteiger partial charge in [0.05, 0.1) is 0 Å². The topological polar surface area (TPSA) is 46.9 Å². The molecule has 0 aromatic carbocycles. The molecular formula is C9H14ClN3O. The number of nitrogens with zero attached hydrogens (tertiary/aromatic N) is 2. The SMILES string of the molecule is CC(Cl)CCNC(=O)c1ccn(C)n1. The van der Waals surface area contributed by atoms with E-state index >= 15 is 0 Å². The van der Waals surface area contributed by atoms with Gasteiger partial charge in [-0.2, -0.15) is 5.10 Å². The molecule has 1 heterocycles. The van der Waals surface area contributed by atoms with Crippen molar-refractivity contribution >= 4 is 17.5 Å². The smallest absolute Gasteiger partial charge is 0.271 e. The molecule has 0 saturated heterocycles. The Hall–Kier alpha value is -1.03. The van der Waals surface area contributed by atoms with E-state index in [0.29, 0.717) is 12.2 Å². The quantitative estimate of drug-likeness (QED) is 0.767. The van der Waals surface area contributed by atoms with E-state index in [1.807, 2.05) is 6.92 Å². The van der Waals surface area contributed by atoms with Crippen LogP contribution in [-0.2, 0) is 7.05 Å². The number of alkyl halides is 1. The van der Waals surface area contributed by atoms with Gasteiger partial charge in [0.2, 0.25) is 0 Å². The summed E-state index contributed by atoms with van der Waals surface area (Å²) in [6.45, 7) is 2.48. The zero-order chi connectivity index (χ0) is 10.6. The predicted octanol–water partition coefficient (Wildman–Crippen LogP) is 1.17. The van der Waals surface area contributed by atoms with Gasteiger partial charge in [0.1, 0.15) is 5.69 Å². The van der Waals surface area contributed by atoms with E-state index in [1.165, 1.54) is 0 Å². The average Bonchev–Trinajstić information content (AvgIpc) is 2.51. The van der Waals surface area contributed by atoms with Crippen LogP contribution in [0.2, 0.25) is 0 Å². The van der Waals surface area contributed by atoms with E-state index in [2.05, 4.69) is 10.4 Å². The van der Waals surface area contributed by atoms with Crippen molar-refractivity contribution in [2.75, 3.05) is 6.54 Å². The van der Waals surface area contributed by atoms with E-state index in [1.54, 1.807) is 24.0 Å². The van der Waals surface area contributed by atoms with Crippen LogP contribution < -0.4 is 5.32 Å². The molecule has 14 heavy (non-hydrogen) atoms. The molecule has 5 heteroatoms. The van der Waals surface area contributed by atoms with E-state index in [4.69, 9.17) is 11.6 Å². The number of aromatic nitrogens is 2. The van der Waals surface area contributed by atoms with Crippen molar-refractivity contribution in [3.63, 3.8) is 0 Å². The molecular weight excluding hydrogens is 202 g/mol. The summed E-state index contributed by atoms with van der Waals surface area (Å²) in [6, 6.07) is 1.68. The molecule has 0 radical (unpaired) electrons. The molecule has 1 aromatic heterocycles. The van der Waals surface area contributed by atoms with Gasteiger partial charge in [-0.3, -0.25) is 9.48 Å². The van der Waals surface area contributed by atoms with E-state index < -0.39 is 0 Å². The predicted molar refractivity (Wildman–Crippen MR) is 55.5 cm³/mol. The van der Waals surface area contributed by atoms with Crippen LogP contribution in [0.1, 0.15) is 23.8 Å². The highest BCUT2D eigenvalue weighted by atomic mass is 35.5. The summed E-state index contributed by atoms with van der Waals surface area (Å²) in [4.78, 5) is 11.4. The minimum Gasteiger partial charge on any atom is -0.351 e. The average molecular weight is 216 g/mol. The van der Waals surface area contributed by atoms with Crippen LogP contribution in [0.4, 0.5) is 0 Å². The molecule has 0 saturated carbocycles. The lowest BCUT2D eigenvalue weighted by atomic mass is 10.3. The van der Waals surface area contributed by atoms with Crippen LogP contribution in [0.5, 0.6) is 0 Å². The Morgan fingerprint density at radius 3 is 3.00 bits per heavy atom. The maximum absolute atomic E-state index is 11.4. The summed E-state index contributed by atoms with van der Waals surface area (Å²) >= 11 is 5.74. The van der Waals surface area contributed by atoms with E-state index in [0.717, 1.165) is 6.42 Å². The first-order valence-corrected chi connectivity index (χ1v) is 4.95. The van der Waals surface area contributed by atoms with Gasteiger partial charge < -0.3 is 5.32 Å². The maximum atomic E-state index is 11.4. The van der Waals surface area contributed by atoms with Crippen LogP contribution in [0.15, 0.2) is 12.3 Å². The van der Waals surface area contributed by atoms with Crippen molar-refractivity contribution in [1.29, 1.82) is 0 Å². The minimum atomic E-state index is -0.150. The van der Waals surface area contributed by atoms with Crippen molar-refractivity contribution in [3.05, 3.63) is 18.0 Å². The Labute approximate surface area is 88.2 Å². The third-order valence-corrected chi connectivity index (χ3v) is 1.99. The van der Waals surface area contributed by atoms with Gasteiger partial charge in [0, 0.05) is 25.2 Å². The Morgan fingerprint density at radius 1 is 1.79 bits per heavy atom. The number of hydrogen-bond donors (Lipinski definition) is 1. The Morgan fingerprint density at radius 2 is 2.50 bits per heavy atom. The van der Waals surface area contributed by atoms with Crippen LogP contribution in [0, 0.1) is 0 Å². The molecule has 1 unspecified atom stereocenters. The monoisotopic (exact) mass is 215 g/mol. The van der Waals surface area contributed by atoms with Gasteiger partial charge in [-0.15, -0.1) is 11.6 Å². The Kier molecular flexibility index (Phi) is 3.95. The highest BCUT2D eigenvalue weighted by Crippen LogP contribution is 1.98. The second-order valence-corrected chi connectivity index (χ2v) is 3.95. The number of halogens is 1. The lowest BCUT2D eigenvalue weighted by Gasteiger charge is -2.03. The van der Waals surface area contributed by atoms with Gasteiger partial charge in [-0.05, 0) is 19.4 Å². The summed E-state index contributed by atoms with van der Waals surface area (Å²) in [7, 11) is 1.78. The lowest BCUT2D eigenvalue weighted by molar-refractivity contribution is 0.0947. The van der Waals surface area contributed by atoms with Crippen molar-refractivity contribution in [3.8, 4) is 0 Å². The van der Waals surface area contributed by atoms with Crippen LogP contribution in [0.25, 0.3) is 0 Å². The molecule has 1 rings (SSSR count). The van der Waals surface area contributed by atoms with Gasteiger partial charge in [0.15, 0.2) is 0 Å². The van der Waals surface area contributed by atoms with E-state index in [9.17, 15) is 4.79 Å². The highest BCUT2D eigenvalue weighted by molar-refractivity contribution is 6.20. The second-order valence-electron chi connectivity index (χ2n) is 3.20. The number of amides is 1. The fourth-order valence-corrected chi connectivity index (χ4v) is 1.12. The molecule has 0 fully saturated rings. The zero-order valence-electron chi connectivity index (χ0n) is 8.33. The highest BCUT2D eigenvalue weighted by Gasteiger charge is 2.07. The van der Waals surface area contributed by atoms with Gasteiger partial charge in [0.25, 0.3) is 5.91 Å². The molecule has 0 spiro atoms. The van der Waals surface area contributed by atoms with Gasteiger partial charge in [-0.25, -0.2) is 0 Å². The maximum Gasteiger partial charge on any atom is 0.271 e. The fraction of sp³-hybridized carbons (Fsp3) is 0.556. The van der Waals surface area contributed by atoms with Crippen LogP contribution in [0.3, 0.4) is 0 Å². The normalized spacial score (nSPS) is 12.5. The molecule has 1 N–H and O–H groups in total. The molecule has 4 nitrogen and oxygen atoms in total. The number of nitrogens with one attached hydrogen (secondary N) is 1. The van der Waals surface area contributed by atoms with Crippen LogP contribution >= 0.6 is 11.6 Å². The summed E-state index contributed by atoms with van der Waals surface area (Å²) < 4.78 is 1.60. The number of carbonyl (C=O) groups is 1. The first kappa shape index (κ1) is 11.0. The summed E-state index contributed by atoms with van der Waals surface area (Å²) in [5, 5.41) is 6.81. The summed E-state index contributed by atoms with van der Waals surface area (Å²) in [5.41, 5.74) is 0.440. The van der Waals surface area contributed by atoms with Crippen molar-refractivity contribution in [1.82, 2.24) is 15.1 Å². The van der Waals surface area contributed by atoms with Crippen molar-refractivity contribution in [2.24, 2.45) is 7.05 Å². The molecule has 0 aliphatic heterocycles. The first-order valence-electron chi connectivity index (χ1n) is 4.51. The molecule has 1 atom stereocenters. The van der Waals surface area contributed by atoms with E-state index in [-0.39, 0.29) is 11.3 Å². The lowest BCUT2D eigenvalue weighted by Crippen LogP contribution is -2.26. The third kappa shape index (κ3) is 3.38. The van der Waals surface area contributed by atoms with Gasteiger partial charge >= 0.3 is 0 Å². The third-order valence-electron chi connectivity index (χ3n) is 1.77. The molecule has 1 aromatic rings. The molecule has 0 bridgehead atoms. The molecule has 0 aliphatic rings. The number of hydrogen-bond acceptors (Lipinski definition) is 2. The largest absolute Gasteiger partial charge is 0.351 e. The Balaban J connectivity index is 2.36. The molecule has 0 aliphatic carbocycles. The fourth-order valence-electron chi connectivity index (χ4n) is 1.01. The van der Waals surface area contributed by atoms with Crippen LogP contribution in [-0.4, -0.2) is 27.6 Å². The van der Waals surface area contributed by atoms with Crippen molar-refractivity contribution < 1.29 is 4.79 Å². The first-order chi connectivity index (χ1) is 6.59. The standard InChI is InChI=1S/C9H14ClN3O/c1-7(10)3-5-11-9(14)8-4-6-13(2)12-8/h4,6-7H,3,5H2,1-2H3,(H,11,14). The number of rotatable bonds is 4. The second kappa shape index (κ2) is 5.00. The Bertz CT molecular complexity index is 309. The number of aryl methyl sites for hydroxylation is 1.